The number of sulfonamides is 1. The van der Waals surface area contributed by atoms with Gasteiger partial charge in [-0.25, -0.2) is 32.9 Å². The fourth-order valence-corrected chi connectivity index (χ4v) is 5.87. The molecule has 3 heterocycles. The van der Waals surface area contributed by atoms with Crippen molar-refractivity contribution in [1.29, 1.82) is 0 Å². The van der Waals surface area contributed by atoms with Crippen LogP contribution in [0.15, 0.2) is 73.1 Å². The number of nitrogens with one attached hydrogen (secondary N) is 2. The van der Waals surface area contributed by atoms with Crippen molar-refractivity contribution in [1.82, 2.24) is 20.3 Å². The Morgan fingerprint density at radius 2 is 1.78 bits per heavy atom. The van der Waals surface area contributed by atoms with Gasteiger partial charge < -0.3 is 15.4 Å². The first-order valence-corrected chi connectivity index (χ1v) is 14.3. The van der Waals surface area contributed by atoms with Gasteiger partial charge in [0.25, 0.3) is 0 Å². The Kier molecular flexibility index (Phi) is 9.49. The van der Waals surface area contributed by atoms with Crippen LogP contribution in [0.3, 0.4) is 0 Å². The van der Waals surface area contributed by atoms with Crippen LogP contribution < -0.4 is 20.5 Å². The van der Waals surface area contributed by atoms with E-state index in [1.54, 1.807) is 42.6 Å². The molecule has 3 atom stereocenters. The fourth-order valence-electron chi connectivity index (χ4n) is 4.80. The van der Waals surface area contributed by atoms with E-state index in [1.807, 2.05) is 0 Å². The van der Waals surface area contributed by atoms with Gasteiger partial charge in [-0.05, 0) is 48.7 Å². The quantitative estimate of drug-likeness (QED) is 0.262. The second-order valence-corrected chi connectivity index (χ2v) is 11.4. The van der Waals surface area contributed by atoms with Gasteiger partial charge in [0.05, 0.1) is 11.3 Å². The van der Waals surface area contributed by atoms with Crippen molar-refractivity contribution in [2.75, 3.05) is 18.4 Å². The van der Waals surface area contributed by atoms with Crippen molar-refractivity contribution < 1.29 is 21.9 Å². The summed E-state index contributed by atoms with van der Waals surface area (Å²) in [7, 11) is -4.33. The number of rotatable bonds is 8. The molecule has 0 radical (unpaired) electrons. The largest absolute Gasteiger partial charge is 0.435 e. The number of primary sulfonamides is 1. The molecule has 0 saturated carbocycles. The molecule has 2 unspecified atom stereocenters. The molecule has 216 valence electrons. The zero-order chi connectivity index (χ0) is 28.3. The number of benzene rings is 2. The molecule has 9 nitrogen and oxygen atoms in total. The fraction of sp³-hybridized carbons (Fsp3) is 0.250. The third-order valence-corrected chi connectivity index (χ3v) is 7.79. The van der Waals surface area contributed by atoms with E-state index in [0.29, 0.717) is 23.1 Å². The number of halogens is 3. The van der Waals surface area contributed by atoms with Crippen LogP contribution in [0.1, 0.15) is 29.7 Å². The van der Waals surface area contributed by atoms with Crippen molar-refractivity contribution >= 4 is 28.4 Å². The van der Waals surface area contributed by atoms with Gasteiger partial charge in [-0.1, -0.05) is 43.3 Å². The lowest BCUT2D eigenvalue weighted by atomic mass is 9.98. The van der Waals surface area contributed by atoms with Crippen molar-refractivity contribution in [2.24, 2.45) is 11.1 Å². The van der Waals surface area contributed by atoms with E-state index < -0.39 is 38.2 Å². The summed E-state index contributed by atoms with van der Waals surface area (Å²) in [5, 5.41) is 10.5. The molecule has 1 fully saturated rings. The van der Waals surface area contributed by atoms with E-state index in [9.17, 15) is 8.42 Å². The van der Waals surface area contributed by atoms with Crippen molar-refractivity contribution in [2.45, 2.75) is 24.6 Å². The molecule has 0 spiro atoms. The van der Waals surface area contributed by atoms with Gasteiger partial charge in [-0.15, -0.1) is 12.4 Å². The van der Waals surface area contributed by atoms with Gasteiger partial charge in [0.15, 0.2) is 11.6 Å². The molecule has 5 rings (SSSR count). The van der Waals surface area contributed by atoms with Crippen molar-refractivity contribution in [3.8, 4) is 22.9 Å². The topological polar surface area (TPSA) is 132 Å². The minimum Gasteiger partial charge on any atom is -0.435 e. The number of anilines is 1. The zero-order valence-corrected chi connectivity index (χ0v) is 23.6. The smallest absolute Gasteiger partial charge is 0.228 e. The van der Waals surface area contributed by atoms with Gasteiger partial charge in [-0.2, -0.15) is 4.39 Å². The maximum atomic E-state index is 15.3. The van der Waals surface area contributed by atoms with Crippen LogP contribution in [0, 0.1) is 17.6 Å². The Bertz CT molecular complexity index is 1610. The highest BCUT2D eigenvalue weighted by molar-refractivity contribution is 7.89. The zero-order valence-electron chi connectivity index (χ0n) is 22.0. The number of hydrogen-bond acceptors (Lipinski definition) is 8. The van der Waals surface area contributed by atoms with E-state index in [-0.39, 0.29) is 29.9 Å². The SMILES string of the molecule is CC1CNC[C@@H](Nc2nccc(-c3cccnc3Oc3ccc(C(c4ccccc4)S(N)(=O)=O)c(F)c3F)n2)C1.Cl. The van der Waals surface area contributed by atoms with E-state index in [4.69, 9.17) is 9.88 Å². The maximum absolute atomic E-state index is 15.3. The minimum atomic E-state index is -4.33. The number of ether oxygens (including phenoxy) is 1. The Labute approximate surface area is 243 Å². The third kappa shape index (κ3) is 6.96. The van der Waals surface area contributed by atoms with Gasteiger partial charge >= 0.3 is 0 Å². The molecule has 4 N–H and O–H groups in total. The van der Waals surface area contributed by atoms with E-state index in [2.05, 4.69) is 32.5 Å². The van der Waals surface area contributed by atoms with Crippen LogP contribution in [0.5, 0.6) is 11.6 Å². The number of nitrogens with two attached hydrogens (primary N) is 1. The first kappa shape index (κ1) is 30.3. The molecule has 1 aliphatic rings. The van der Waals surface area contributed by atoms with E-state index in [0.717, 1.165) is 31.6 Å². The Morgan fingerprint density at radius 1 is 1.00 bits per heavy atom. The summed E-state index contributed by atoms with van der Waals surface area (Å²) in [4.78, 5) is 13.1. The summed E-state index contributed by atoms with van der Waals surface area (Å²) in [6.45, 7) is 3.92. The average molecular weight is 603 g/mol. The molecule has 1 saturated heterocycles. The molecule has 0 aliphatic carbocycles. The molecule has 13 heteroatoms. The number of aromatic nitrogens is 3. The predicted octanol–water partition coefficient (Wildman–Crippen LogP) is 4.82. The van der Waals surface area contributed by atoms with Crippen molar-refractivity contribution in [3.05, 3.63) is 95.8 Å². The Hall–Kier alpha value is -3.71. The normalized spacial score (nSPS) is 17.8. The highest BCUT2D eigenvalue weighted by Crippen LogP contribution is 2.37. The van der Waals surface area contributed by atoms with Crippen LogP contribution >= 0.6 is 12.4 Å². The molecule has 41 heavy (non-hydrogen) atoms. The van der Waals surface area contributed by atoms with E-state index >= 15 is 8.78 Å². The molecule has 4 aromatic rings. The summed E-state index contributed by atoms with van der Waals surface area (Å²) in [6, 6.07) is 15.3. The lowest BCUT2D eigenvalue weighted by Crippen LogP contribution is -2.42. The highest BCUT2D eigenvalue weighted by Gasteiger charge is 2.31. The number of piperidine rings is 1. The first-order valence-electron chi connectivity index (χ1n) is 12.7. The Balaban J connectivity index is 0.00000387. The van der Waals surface area contributed by atoms with Crippen LogP contribution in [0.4, 0.5) is 14.7 Å². The summed E-state index contributed by atoms with van der Waals surface area (Å²) >= 11 is 0. The average Bonchev–Trinajstić information content (AvgIpc) is 2.93. The monoisotopic (exact) mass is 602 g/mol. The van der Waals surface area contributed by atoms with Crippen LogP contribution in [-0.2, 0) is 10.0 Å². The molecular formula is C28H29ClF2N6O3S. The first-order chi connectivity index (χ1) is 19.2. The van der Waals surface area contributed by atoms with Crippen LogP contribution in [-0.4, -0.2) is 42.5 Å². The number of hydrogen-bond donors (Lipinski definition) is 3. The summed E-state index contributed by atoms with van der Waals surface area (Å²) < 4.78 is 61.1. The highest BCUT2D eigenvalue weighted by atomic mass is 35.5. The number of pyridine rings is 1. The predicted molar refractivity (Wildman–Crippen MR) is 154 cm³/mol. The van der Waals surface area contributed by atoms with Gasteiger partial charge in [0.2, 0.25) is 27.7 Å². The second kappa shape index (κ2) is 12.9. The lowest BCUT2D eigenvalue weighted by Gasteiger charge is -2.28. The van der Waals surface area contributed by atoms with E-state index in [1.165, 1.54) is 18.3 Å². The van der Waals surface area contributed by atoms with Crippen LogP contribution in [0.25, 0.3) is 11.3 Å². The molecular weight excluding hydrogens is 574 g/mol. The van der Waals surface area contributed by atoms with Gasteiger partial charge in [0.1, 0.15) is 5.25 Å². The molecule has 2 aromatic heterocycles. The van der Waals surface area contributed by atoms with Crippen LogP contribution in [0.2, 0.25) is 0 Å². The molecule has 1 aliphatic heterocycles. The van der Waals surface area contributed by atoms with Gasteiger partial charge in [0, 0.05) is 30.5 Å². The van der Waals surface area contributed by atoms with Crippen molar-refractivity contribution in [3.63, 3.8) is 0 Å². The number of nitrogens with zero attached hydrogens (tertiary/aromatic N) is 3. The summed E-state index contributed by atoms with van der Waals surface area (Å²) in [5.74, 6) is -2.31. The second-order valence-electron chi connectivity index (χ2n) is 9.72. The Morgan fingerprint density at radius 3 is 2.51 bits per heavy atom. The summed E-state index contributed by atoms with van der Waals surface area (Å²) in [6.07, 6.45) is 4.01. The molecule has 2 aromatic carbocycles. The maximum Gasteiger partial charge on any atom is 0.228 e. The molecule has 0 amide bonds. The minimum absolute atomic E-state index is 0. The van der Waals surface area contributed by atoms with Gasteiger partial charge in [-0.3, -0.25) is 0 Å². The third-order valence-electron chi connectivity index (χ3n) is 6.60. The lowest BCUT2D eigenvalue weighted by molar-refractivity contribution is 0.377. The standard InChI is InChI=1S/C28H28F2N6O3S.ClH/c1-17-14-19(16-32-15-17)35-28-34-13-11-22(36-28)20-8-5-12-33-27(20)39-23-10-9-21(24(29)25(23)30)26(40(31,37)38)18-6-3-2-4-7-18;/h2-13,17,19,26,32H,14-16H2,1H3,(H2,31,37,38)(H,34,35,36);1H/t17?,19-,26?;/m0./s1. The molecule has 0 bridgehead atoms. The summed E-state index contributed by atoms with van der Waals surface area (Å²) in [5.41, 5.74) is 0.667.